The number of nitrogens with one attached hydrogen (secondary N) is 3. The number of amides is 2. The molecule has 0 atom stereocenters. The van der Waals surface area contributed by atoms with Gasteiger partial charge >= 0.3 is 0 Å². The normalized spacial score (nSPS) is 13.5. The second-order valence-electron chi connectivity index (χ2n) is 10.1. The summed E-state index contributed by atoms with van der Waals surface area (Å²) >= 11 is 0. The van der Waals surface area contributed by atoms with Crippen molar-refractivity contribution in [1.82, 2.24) is 25.0 Å². The minimum atomic E-state index is -0.182. The number of hydrogen-bond acceptors (Lipinski definition) is 5. The Balaban J connectivity index is 1.42. The maximum atomic E-state index is 13.0. The minimum absolute atomic E-state index is 0.112. The van der Waals surface area contributed by atoms with E-state index in [2.05, 4.69) is 39.5 Å². The van der Waals surface area contributed by atoms with Gasteiger partial charge in [0.05, 0.1) is 24.4 Å². The lowest BCUT2D eigenvalue weighted by Crippen LogP contribution is -2.35. The maximum Gasteiger partial charge on any atom is 0.256 e. The lowest BCUT2D eigenvalue weighted by Gasteiger charge is -2.18. The van der Waals surface area contributed by atoms with E-state index in [9.17, 15) is 9.59 Å². The van der Waals surface area contributed by atoms with Gasteiger partial charge in [0, 0.05) is 47.5 Å². The Morgan fingerprint density at radius 1 is 1.12 bits per heavy atom. The average Bonchev–Trinajstić information content (AvgIpc) is 3.66. The summed E-state index contributed by atoms with van der Waals surface area (Å²) in [7, 11) is 1.64. The number of anilines is 1. The van der Waals surface area contributed by atoms with Gasteiger partial charge in [-0.05, 0) is 68.4 Å². The Kier molecular flexibility index (Phi) is 8.07. The van der Waals surface area contributed by atoms with Gasteiger partial charge in [-0.2, -0.15) is 5.10 Å². The summed E-state index contributed by atoms with van der Waals surface area (Å²) in [5.41, 5.74) is 7.70. The molecule has 4 aromatic rings. The van der Waals surface area contributed by atoms with Crippen LogP contribution in [0.3, 0.4) is 0 Å². The van der Waals surface area contributed by atoms with E-state index in [-0.39, 0.29) is 11.8 Å². The fourth-order valence-electron chi connectivity index (χ4n) is 5.29. The number of ether oxygens (including phenoxy) is 1. The van der Waals surface area contributed by atoms with Gasteiger partial charge in [0.25, 0.3) is 11.8 Å². The van der Waals surface area contributed by atoms with E-state index in [1.54, 1.807) is 18.0 Å². The molecular weight excluding hydrogens is 516 g/mol. The molecule has 1 aliphatic heterocycles. The number of aromatic nitrogens is 3. The van der Waals surface area contributed by atoms with Crippen LogP contribution in [-0.4, -0.2) is 64.8 Å². The third-order valence-electron chi connectivity index (χ3n) is 7.65. The molecular formula is C32H36N6O3. The van der Waals surface area contributed by atoms with Crippen molar-refractivity contribution in [2.24, 2.45) is 0 Å². The highest BCUT2D eigenvalue weighted by Crippen LogP contribution is 2.37. The van der Waals surface area contributed by atoms with Crippen molar-refractivity contribution in [2.45, 2.75) is 27.7 Å². The first kappa shape index (κ1) is 27.9. The summed E-state index contributed by atoms with van der Waals surface area (Å²) in [5, 5.41) is 10.5. The van der Waals surface area contributed by atoms with Crippen LogP contribution in [-0.2, 0) is 4.79 Å². The summed E-state index contributed by atoms with van der Waals surface area (Å²) in [5.74, 6) is 0.432. The number of likely N-dealkylation sites (N-methyl/N-ethyl adjacent to an activating group) is 1. The Morgan fingerprint density at radius 3 is 2.66 bits per heavy atom. The van der Waals surface area contributed by atoms with Gasteiger partial charge in [-0.1, -0.05) is 32.0 Å². The number of benzene rings is 2. The number of aryl methyl sites for hydroxylation is 1. The van der Waals surface area contributed by atoms with Crippen molar-refractivity contribution in [3.63, 3.8) is 0 Å². The predicted molar refractivity (Wildman–Crippen MR) is 162 cm³/mol. The van der Waals surface area contributed by atoms with Crippen LogP contribution < -0.4 is 15.4 Å². The fraction of sp³-hybridized carbons (Fsp3) is 0.281. The Hall–Kier alpha value is -4.63. The van der Waals surface area contributed by atoms with Crippen LogP contribution in [0, 0.1) is 13.8 Å². The van der Waals surface area contributed by atoms with Crippen molar-refractivity contribution >= 4 is 29.2 Å². The molecule has 0 aliphatic carbocycles. The van der Waals surface area contributed by atoms with Gasteiger partial charge in [0.2, 0.25) is 0 Å². The number of methoxy groups -OCH3 is 1. The van der Waals surface area contributed by atoms with Crippen LogP contribution in [0.1, 0.15) is 46.7 Å². The lowest BCUT2D eigenvalue weighted by molar-refractivity contribution is -0.110. The van der Waals surface area contributed by atoms with E-state index < -0.39 is 0 Å². The molecule has 212 valence electrons. The predicted octanol–water partition coefficient (Wildman–Crippen LogP) is 5.06. The van der Waals surface area contributed by atoms with Crippen molar-refractivity contribution in [3.8, 4) is 22.6 Å². The molecule has 9 nitrogen and oxygen atoms in total. The molecule has 2 amide bonds. The van der Waals surface area contributed by atoms with Crippen molar-refractivity contribution < 1.29 is 14.3 Å². The molecule has 0 bridgehead atoms. The second kappa shape index (κ2) is 11.9. The number of para-hydroxylation sites is 2. The van der Waals surface area contributed by atoms with Gasteiger partial charge in [-0.15, -0.1) is 0 Å². The zero-order valence-corrected chi connectivity index (χ0v) is 24.2. The quantitative estimate of drug-likeness (QED) is 0.239. The van der Waals surface area contributed by atoms with Crippen molar-refractivity contribution in [1.29, 1.82) is 0 Å². The van der Waals surface area contributed by atoms with Gasteiger partial charge in [0.15, 0.2) is 0 Å². The van der Waals surface area contributed by atoms with Crippen LogP contribution in [0.5, 0.6) is 5.75 Å². The Morgan fingerprint density at radius 2 is 1.90 bits per heavy atom. The molecule has 0 fully saturated rings. The van der Waals surface area contributed by atoms with E-state index in [1.165, 1.54) is 0 Å². The van der Waals surface area contributed by atoms with E-state index >= 15 is 0 Å². The first-order valence-electron chi connectivity index (χ1n) is 13.9. The van der Waals surface area contributed by atoms with E-state index in [4.69, 9.17) is 4.74 Å². The van der Waals surface area contributed by atoms with Gasteiger partial charge < -0.3 is 25.3 Å². The summed E-state index contributed by atoms with van der Waals surface area (Å²) in [6.45, 7) is 11.3. The smallest absolute Gasteiger partial charge is 0.256 e. The minimum Gasteiger partial charge on any atom is -0.494 e. The zero-order valence-electron chi connectivity index (χ0n) is 24.2. The number of rotatable bonds is 10. The highest BCUT2D eigenvalue weighted by Gasteiger charge is 2.26. The molecule has 2 aromatic heterocycles. The average molecular weight is 553 g/mol. The highest BCUT2D eigenvalue weighted by molar-refractivity contribution is 6.35. The number of hydrogen-bond donors (Lipinski definition) is 3. The number of fused-ring (bicyclic) bond motifs is 1. The van der Waals surface area contributed by atoms with Crippen LogP contribution >= 0.6 is 0 Å². The standard InChI is InChI=1S/C32H36N6O3/c1-6-37(7-2)15-14-33-32(40)30-20(3)27(35-21(30)4)17-25-24-16-22(12-13-26(24)36-31(25)39)23-18-34-38(19-23)28-10-8-9-11-29(28)41-5/h8-13,16-19,35H,6-7,14-15H2,1-5H3,(H,33,40)(H,36,39). The molecule has 0 unspecified atom stereocenters. The van der Waals surface area contributed by atoms with Gasteiger partial charge in [0.1, 0.15) is 11.4 Å². The molecule has 1 aliphatic rings. The number of aromatic amines is 1. The molecule has 0 spiro atoms. The SMILES string of the molecule is CCN(CC)CCNC(=O)c1c(C)[nH]c(C=C2C(=O)Nc3ccc(-c4cnn(-c5ccccc5OC)c4)cc32)c1C. The molecule has 3 heterocycles. The summed E-state index contributed by atoms with van der Waals surface area (Å²) in [6, 6.07) is 13.6. The molecule has 0 saturated carbocycles. The number of carbonyl (C=O) groups is 2. The van der Waals surface area contributed by atoms with Crippen LogP contribution in [0.2, 0.25) is 0 Å². The highest BCUT2D eigenvalue weighted by atomic mass is 16.5. The topological polar surface area (TPSA) is 104 Å². The first-order chi connectivity index (χ1) is 19.8. The Bertz CT molecular complexity index is 1630. The van der Waals surface area contributed by atoms with Crippen LogP contribution in [0.25, 0.3) is 28.5 Å². The van der Waals surface area contributed by atoms with Crippen molar-refractivity contribution in [2.75, 3.05) is 38.6 Å². The third kappa shape index (κ3) is 5.53. The summed E-state index contributed by atoms with van der Waals surface area (Å²) in [4.78, 5) is 31.7. The molecule has 3 N–H and O–H groups in total. The number of nitrogens with zero attached hydrogens (tertiary/aromatic N) is 3. The Labute approximate surface area is 240 Å². The molecule has 41 heavy (non-hydrogen) atoms. The third-order valence-corrected chi connectivity index (χ3v) is 7.65. The maximum absolute atomic E-state index is 13.0. The van der Waals surface area contributed by atoms with Gasteiger partial charge in [-0.25, -0.2) is 4.68 Å². The fourth-order valence-corrected chi connectivity index (χ4v) is 5.29. The van der Waals surface area contributed by atoms with E-state index in [1.807, 2.05) is 68.6 Å². The largest absolute Gasteiger partial charge is 0.494 e. The zero-order chi connectivity index (χ0) is 29.1. The molecule has 0 radical (unpaired) electrons. The number of carbonyl (C=O) groups excluding carboxylic acids is 2. The number of H-pyrrole nitrogens is 1. The first-order valence-corrected chi connectivity index (χ1v) is 13.9. The summed E-state index contributed by atoms with van der Waals surface area (Å²) in [6.07, 6.45) is 5.57. The van der Waals surface area contributed by atoms with E-state index in [0.717, 1.165) is 70.4 Å². The second-order valence-corrected chi connectivity index (χ2v) is 10.1. The van der Waals surface area contributed by atoms with Gasteiger partial charge in [-0.3, -0.25) is 9.59 Å². The monoisotopic (exact) mass is 552 g/mol. The van der Waals surface area contributed by atoms with E-state index in [0.29, 0.717) is 17.7 Å². The molecule has 5 rings (SSSR count). The lowest BCUT2D eigenvalue weighted by atomic mass is 10.00. The van der Waals surface area contributed by atoms with Crippen LogP contribution in [0.4, 0.5) is 5.69 Å². The molecule has 2 aromatic carbocycles. The van der Waals surface area contributed by atoms with Crippen LogP contribution in [0.15, 0.2) is 54.9 Å². The van der Waals surface area contributed by atoms with Crippen molar-refractivity contribution in [3.05, 3.63) is 82.9 Å². The molecule has 0 saturated heterocycles. The molecule has 9 heteroatoms. The summed E-state index contributed by atoms with van der Waals surface area (Å²) < 4.78 is 7.27.